The van der Waals surface area contributed by atoms with Crippen LogP contribution >= 0.6 is 0 Å². The Morgan fingerprint density at radius 3 is 2.66 bits per heavy atom. The molecule has 0 spiro atoms. The molecule has 2 aromatic carbocycles. The zero-order valence-corrected chi connectivity index (χ0v) is 17.3. The van der Waals surface area contributed by atoms with Crippen LogP contribution in [0, 0.1) is 12.8 Å². The van der Waals surface area contributed by atoms with Crippen LogP contribution in [-0.2, 0) is 13.0 Å². The number of pyridine rings is 1. The molecule has 0 amide bonds. The van der Waals surface area contributed by atoms with E-state index >= 15 is 0 Å². The first kappa shape index (κ1) is 19.9. The van der Waals surface area contributed by atoms with Crippen molar-refractivity contribution in [2.75, 3.05) is 26.2 Å². The van der Waals surface area contributed by atoms with Crippen molar-refractivity contribution in [2.45, 2.75) is 32.7 Å². The molecule has 2 N–H and O–H groups in total. The Morgan fingerprint density at radius 2 is 1.83 bits per heavy atom. The number of nitrogens with two attached hydrogens (primary N) is 1. The number of benzene rings is 2. The van der Waals surface area contributed by atoms with Gasteiger partial charge in [0, 0.05) is 24.2 Å². The zero-order valence-electron chi connectivity index (χ0n) is 17.3. The fraction of sp³-hybridized carbons (Fsp3) is 0.400. The minimum atomic E-state index is 0.624. The molecule has 0 aliphatic carbocycles. The van der Waals surface area contributed by atoms with Gasteiger partial charge in [-0.3, -0.25) is 9.88 Å². The molecule has 4 heteroatoms. The standard InChI is InChI=1S/C25H31N3O/c1-19-8-9-23-24(27-19)6-3-7-25(23)29-15-14-28-12-10-20(11-13-28)16-21-4-2-5-22(17-21)18-26/h2-9,17,20H,10-16,18,26H2,1H3. The highest BCUT2D eigenvalue weighted by Gasteiger charge is 2.19. The highest BCUT2D eigenvalue weighted by Crippen LogP contribution is 2.25. The van der Waals surface area contributed by atoms with E-state index in [4.69, 9.17) is 10.5 Å². The van der Waals surface area contributed by atoms with Crippen molar-refractivity contribution in [1.82, 2.24) is 9.88 Å². The quantitative estimate of drug-likeness (QED) is 0.653. The summed E-state index contributed by atoms with van der Waals surface area (Å²) in [7, 11) is 0. The van der Waals surface area contributed by atoms with Crippen molar-refractivity contribution >= 4 is 10.9 Å². The van der Waals surface area contributed by atoms with Crippen molar-refractivity contribution in [3.05, 3.63) is 71.4 Å². The minimum absolute atomic E-state index is 0.624. The van der Waals surface area contributed by atoms with E-state index in [1.807, 2.05) is 31.2 Å². The number of ether oxygens (including phenoxy) is 1. The van der Waals surface area contributed by atoms with Crippen LogP contribution in [0.4, 0.5) is 0 Å². The second-order valence-corrected chi connectivity index (χ2v) is 8.14. The molecule has 0 unspecified atom stereocenters. The van der Waals surface area contributed by atoms with Crippen molar-refractivity contribution in [2.24, 2.45) is 11.7 Å². The lowest BCUT2D eigenvalue weighted by Crippen LogP contribution is -2.37. The molecule has 152 valence electrons. The zero-order chi connectivity index (χ0) is 20.1. The van der Waals surface area contributed by atoms with Gasteiger partial charge in [0.2, 0.25) is 0 Å². The fourth-order valence-corrected chi connectivity index (χ4v) is 4.27. The van der Waals surface area contributed by atoms with E-state index in [9.17, 15) is 0 Å². The van der Waals surface area contributed by atoms with Crippen molar-refractivity contribution in [1.29, 1.82) is 0 Å². The summed E-state index contributed by atoms with van der Waals surface area (Å²) < 4.78 is 6.12. The summed E-state index contributed by atoms with van der Waals surface area (Å²) in [4.78, 5) is 7.12. The van der Waals surface area contributed by atoms with Crippen molar-refractivity contribution < 1.29 is 4.74 Å². The summed E-state index contributed by atoms with van der Waals surface area (Å²) >= 11 is 0. The van der Waals surface area contributed by atoms with Gasteiger partial charge in [0.05, 0.1) is 5.52 Å². The highest BCUT2D eigenvalue weighted by atomic mass is 16.5. The van der Waals surface area contributed by atoms with E-state index in [0.29, 0.717) is 6.54 Å². The molecule has 1 aromatic heterocycles. The van der Waals surface area contributed by atoms with Gasteiger partial charge in [0.25, 0.3) is 0 Å². The van der Waals surface area contributed by atoms with Gasteiger partial charge in [-0.25, -0.2) is 0 Å². The maximum absolute atomic E-state index is 6.12. The Bertz CT molecular complexity index is 948. The summed E-state index contributed by atoms with van der Waals surface area (Å²) in [6.45, 7) is 6.65. The lowest BCUT2D eigenvalue weighted by Gasteiger charge is -2.32. The van der Waals surface area contributed by atoms with Gasteiger partial charge in [-0.2, -0.15) is 0 Å². The summed E-state index contributed by atoms with van der Waals surface area (Å²) in [5.41, 5.74) is 10.5. The first-order chi connectivity index (χ1) is 14.2. The number of piperidine rings is 1. The van der Waals surface area contributed by atoms with Gasteiger partial charge in [0.1, 0.15) is 12.4 Å². The van der Waals surface area contributed by atoms with E-state index in [0.717, 1.165) is 54.5 Å². The number of nitrogens with zero attached hydrogens (tertiary/aromatic N) is 2. The highest BCUT2D eigenvalue weighted by molar-refractivity contribution is 5.85. The largest absolute Gasteiger partial charge is 0.492 e. The Hall–Kier alpha value is -2.43. The Kier molecular flexibility index (Phi) is 6.43. The summed E-state index contributed by atoms with van der Waals surface area (Å²) in [5, 5.41) is 1.09. The molecule has 1 aliphatic rings. The van der Waals surface area contributed by atoms with Crippen LogP contribution < -0.4 is 10.5 Å². The predicted octanol–water partition coefficient (Wildman–Crippen LogP) is 4.34. The molecular weight excluding hydrogens is 358 g/mol. The van der Waals surface area contributed by atoms with Gasteiger partial charge in [-0.1, -0.05) is 30.3 Å². The molecule has 0 radical (unpaired) electrons. The Morgan fingerprint density at radius 1 is 1.03 bits per heavy atom. The van der Waals surface area contributed by atoms with Crippen molar-refractivity contribution in [3.8, 4) is 5.75 Å². The predicted molar refractivity (Wildman–Crippen MR) is 119 cm³/mol. The minimum Gasteiger partial charge on any atom is -0.492 e. The average Bonchev–Trinajstić information content (AvgIpc) is 2.75. The summed E-state index contributed by atoms with van der Waals surface area (Å²) in [6.07, 6.45) is 3.68. The monoisotopic (exact) mass is 389 g/mol. The molecule has 3 aromatic rings. The lowest BCUT2D eigenvalue weighted by atomic mass is 9.89. The molecule has 29 heavy (non-hydrogen) atoms. The molecule has 2 heterocycles. The maximum Gasteiger partial charge on any atom is 0.128 e. The van der Waals surface area contributed by atoms with E-state index < -0.39 is 0 Å². The topological polar surface area (TPSA) is 51.4 Å². The van der Waals surface area contributed by atoms with E-state index in [-0.39, 0.29) is 0 Å². The molecule has 1 fully saturated rings. The number of aryl methyl sites for hydroxylation is 1. The third-order valence-corrected chi connectivity index (χ3v) is 5.95. The summed E-state index contributed by atoms with van der Waals surface area (Å²) in [6, 6.07) is 19.0. The number of likely N-dealkylation sites (tertiary alicyclic amines) is 1. The van der Waals surface area contributed by atoms with Crippen LogP contribution in [0.5, 0.6) is 5.75 Å². The number of rotatable bonds is 7. The van der Waals surface area contributed by atoms with Crippen molar-refractivity contribution in [3.63, 3.8) is 0 Å². The van der Waals surface area contributed by atoms with Crippen LogP contribution in [0.2, 0.25) is 0 Å². The molecule has 1 saturated heterocycles. The molecule has 0 bridgehead atoms. The molecule has 0 saturated carbocycles. The second-order valence-electron chi connectivity index (χ2n) is 8.14. The molecular formula is C25H31N3O. The van der Waals surface area contributed by atoms with Crippen LogP contribution in [0.3, 0.4) is 0 Å². The summed E-state index contributed by atoms with van der Waals surface area (Å²) in [5.74, 6) is 1.71. The maximum atomic E-state index is 6.12. The molecule has 0 atom stereocenters. The first-order valence-electron chi connectivity index (χ1n) is 10.7. The van der Waals surface area contributed by atoms with Gasteiger partial charge in [-0.15, -0.1) is 0 Å². The number of hydrogen-bond acceptors (Lipinski definition) is 4. The Labute approximate surface area is 173 Å². The number of hydrogen-bond donors (Lipinski definition) is 1. The molecule has 4 nitrogen and oxygen atoms in total. The van der Waals surface area contributed by atoms with Crippen LogP contribution in [-0.4, -0.2) is 36.1 Å². The Balaban J connectivity index is 1.24. The number of aromatic nitrogens is 1. The smallest absolute Gasteiger partial charge is 0.128 e. The SMILES string of the molecule is Cc1ccc2c(OCCN3CCC(Cc4cccc(CN)c4)CC3)cccc2n1. The van der Waals surface area contributed by atoms with Gasteiger partial charge in [-0.05, 0) is 80.6 Å². The van der Waals surface area contributed by atoms with Crippen LogP contribution in [0.15, 0.2) is 54.6 Å². The molecule has 1 aliphatic heterocycles. The van der Waals surface area contributed by atoms with Crippen LogP contribution in [0.1, 0.15) is 29.7 Å². The van der Waals surface area contributed by atoms with E-state index in [2.05, 4.69) is 40.2 Å². The number of fused-ring (bicyclic) bond motifs is 1. The third kappa shape index (κ3) is 5.14. The van der Waals surface area contributed by atoms with Gasteiger partial charge in [0.15, 0.2) is 0 Å². The van der Waals surface area contributed by atoms with E-state index in [1.54, 1.807) is 0 Å². The molecule has 4 rings (SSSR count). The van der Waals surface area contributed by atoms with Gasteiger partial charge >= 0.3 is 0 Å². The lowest BCUT2D eigenvalue weighted by molar-refractivity contribution is 0.155. The second kappa shape index (κ2) is 9.38. The average molecular weight is 390 g/mol. The first-order valence-corrected chi connectivity index (χ1v) is 10.7. The van der Waals surface area contributed by atoms with E-state index in [1.165, 1.54) is 30.4 Å². The van der Waals surface area contributed by atoms with Gasteiger partial charge < -0.3 is 10.5 Å². The van der Waals surface area contributed by atoms with Crippen LogP contribution in [0.25, 0.3) is 10.9 Å². The third-order valence-electron chi connectivity index (χ3n) is 5.95. The fourth-order valence-electron chi connectivity index (χ4n) is 4.27. The normalized spacial score (nSPS) is 15.7.